The van der Waals surface area contributed by atoms with Crippen molar-refractivity contribution in [1.82, 2.24) is 0 Å². The zero-order valence-corrected chi connectivity index (χ0v) is 40.2. The van der Waals surface area contributed by atoms with Crippen molar-refractivity contribution in [2.45, 2.75) is 155 Å². The third kappa shape index (κ3) is 12.1. The van der Waals surface area contributed by atoms with E-state index >= 15 is 0 Å². The molecule has 300 valence electrons. The molecule has 0 radical (unpaired) electrons. The lowest BCUT2D eigenvalue weighted by atomic mass is 9.96. The van der Waals surface area contributed by atoms with E-state index in [1.165, 1.54) is 131 Å². The third-order valence-corrected chi connectivity index (χ3v) is 17.9. The highest BCUT2D eigenvalue weighted by Crippen LogP contribution is 2.60. The first-order valence-corrected chi connectivity index (χ1v) is 25.6. The van der Waals surface area contributed by atoms with Crippen LogP contribution < -0.4 is 5.32 Å². The van der Waals surface area contributed by atoms with E-state index in [4.69, 9.17) is 12.6 Å². The van der Waals surface area contributed by atoms with Crippen molar-refractivity contribution in [3.8, 4) is 10.4 Å². The molecule has 0 bridgehead atoms. The Morgan fingerprint density at radius 2 is 1.49 bits per heavy atom. The number of thiol groups is 1. The standard InChI is InChI=1S/C48H67NS6/c1-11-34(9)45(40-27-25-36(52-40)23-21-32(7)18-13-16-30(3)4)54-46-35(10)42(38(50)12-2)47-44(43(46)39-20-15-29-51-39)49-48(55-47)41-28-26-37(53-41)24-22-33(8)19-14-17-31(5)6/h12,15,20,25-33,48-50H,11,13-14,16-19,21-24H2,1-10H3/b38-12-,45-34?. The van der Waals surface area contributed by atoms with Crippen molar-refractivity contribution in [3.05, 3.63) is 84.1 Å². The van der Waals surface area contributed by atoms with Crippen molar-refractivity contribution in [2.75, 3.05) is 5.32 Å². The molecule has 1 aliphatic rings. The first-order valence-electron chi connectivity index (χ1n) is 21.0. The number of thioether (sulfide) groups is 2. The van der Waals surface area contributed by atoms with E-state index in [1.54, 1.807) is 0 Å². The second-order valence-corrected chi connectivity index (χ2v) is 22.7. The number of allylic oxidation sites excluding steroid dienone is 2. The van der Waals surface area contributed by atoms with Crippen molar-refractivity contribution in [3.63, 3.8) is 0 Å². The van der Waals surface area contributed by atoms with Gasteiger partial charge < -0.3 is 5.32 Å². The second kappa shape index (κ2) is 21.6. The van der Waals surface area contributed by atoms with E-state index in [1.807, 2.05) is 57.5 Å². The molecular weight excluding hydrogens is 783 g/mol. The Morgan fingerprint density at radius 1 is 0.855 bits per heavy atom. The van der Waals surface area contributed by atoms with Gasteiger partial charge in [0.2, 0.25) is 0 Å². The first-order chi connectivity index (χ1) is 26.4. The van der Waals surface area contributed by atoms with Gasteiger partial charge in [-0.25, -0.2) is 0 Å². The number of anilines is 1. The zero-order chi connectivity index (χ0) is 39.6. The van der Waals surface area contributed by atoms with Crippen LogP contribution in [0.15, 0.2) is 63.2 Å². The summed E-state index contributed by atoms with van der Waals surface area (Å²) < 4.78 is 0. The lowest BCUT2D eigenvalue weighted by Gasteiger charge is -2.22. The van der Waals surface area contributed by atoms with Crippen molar-refractivity contribution in [2.24, 2.45) is 23.7 Å². The highest BCUT2D eigenvalue weighted by Gasteiger charge is 2.34. The summed E-state index contributed by atoms with van der Waals surface area (Å²) in [5, 5.41) is 6.53. The lowest BCUT2D eigenvalue weighted by molar-refractivity contribution is 0.437. The highest BCUT2D eigenvalue weighted by atomic mass is 32.2. The van der Waals surface area contributed by atoms with Crippen molar-refractivity contribution < 1.29 is 0 Å². The van der Waals surface area contributed by atoms with Gasteiger partial charge in [-0.1, -0.05) is 128 Å². The largest absolute Gasteiger partial charge is 0.367 e. The van der Waals surface area contributed by atoms with E-state index in [0.717, 1.165) is 35.0 Å². The fourth-order valence-corrected chi connectivity index (χ4v) is 13.7. The van der Waals surface area contributed by atoms with Gasteiger partial charge in [0.15, 0.2) is 0 Å². The molecule has 1 aliphatic heterocycles. The molecule has 1 N–H and O–H groups in total. The summed E-state index contributed by atoms with van der Waals surface area (Å²) >= 11 is 15.0. The summed E-state index contributed by atoms with van der Waals surface area (Å²) in [5.74, 6) is 3.16. The molecule has 3 unspecified atom stereocenters. The molecule has 7 heteroatoms. The van der Waals surface area contributed by atoms with Crippen LogP contribution >= 0.6 is 70.2 Å². The molecule has 1 aromatic carbocycles. The topological polar surface area (TPSA) is 12.0 Å². The molecule has 1 nitrogen and oxygen atoms in total. The fourth-order valence-electron chi connectivity index (χ4n) is 7.45. The Bertz CT molecular complexity index is 1870. The number of hydrogen-bond acceptors (Lipinski definition) is 7. The third-order valence-electron chi connectivity index (χ3n) is 11.1. The molecule has 0 fully saturated rings. The predicted molar refractivity (Wildman–Crippen MR) is 259 cm³/mol. The number of nitrogens with one attached hydrogen (secondary N) is 1. The average molecular weight is 850 g/mol. The SMILES string of the molecule is C/C=C(\S)c1c(C)c(SC(=C(C)CC)c2ccc(CCC(C)CCCC(C)C)s2)c(-c2cccs2)c2c1SC(c1ccc(CCC(C)CCCC(C)C)s1)N2. The van der Waals surface area contributed by atoms with Gasteiger partial charge in [0, 0.05) is 55.1 Å². The van der Waals surface area contributed by atoms with Gasteiger partial charge in [-0.2, -0.15) is 0 Å². The highest BCUT2D eigenvalue weighted by molar-refractivity contribution is 8.08. The molecule has 0 saturated heterocycles. The van der Waals surface area contributed by atoms with E-state index in [0.29, 0.717) is 0 Å². The molecule has 55 heavy (non-hydrogen) atoms. The molecule has 3 aromatic heterocycles. The number of hydrogen-bond donors (Lipinski definition) is 2. The molecule has 0 aliphatic carbocycles. The summed E-state index contributed by atoms with van der Waals surface area (Å²) in [6.07, 6.45) is 16.2. The van der Waals surface area contributed by atoms with E-state index in [2.05, 4.69) is 122 Å². The minimum absolute atomic E-state index is 0.187. The van der Waals surface area contributed by atoms with Crippen LogP contribution in [0.3, 0.4) is 0 Å². The molecule has 4 aromatic rings. The van der Waals surface area contributed by atoms with Crippen LogP contribution in [0.5, 0.6) is 0 Å². The zero-order valence-electron chi connectivity index (χ0n) is 35.3. The molecular formula is C48H67NS6. The van der Waals surface area contributed by atoms with Crippen molar-refractivity contribution in [1.29, 1.82) is 0 Å². The smallest absolute Gasteiger partial charge is 0.112 e. The number of aryl methyl sites for hydroxylation is 2. The predicted octanol–water partition coefficient (Wildman–Crippen LogP) is 18.1. The molecule has 4 heterocycles. The van der Waals surface area contributed by atoms with Gasteiger partial charge in [0.1, 0.15) is 5.37 Å². The van der Waals surface area contributed by atoms with Gasteiger partial charge in [0.05, 0.1) is 5.69 Å². The van der Waals surface area contributed by atoms with Crippen molar-refractivity contribution >= 4 is 85.7 Å². The Morgan fingerprint density at radius 3 is 2.07 bits per heavy atom. The Labute approximate surface area is 361 Å². The first kappa shape index (κ1) is 44.7. The number of fused-ring (bicyclic) bond motifs is 1. The number of rotatable bonds is 21. The van der Waals surface area contributed by atoms with E-state index < -0.39 is 0 Å². The average Bonchev–Trinajstić information content (AvgIpc) is 3.99. The molecule has 0 spiro atoms. The summed E-state index contributed by atoms with van der Waals surface area (Å²) in [7, 11) is 0. The maximum atomic E-state index is 5.15. The van der Waals surface area contributed by atoms with Crippen LogP contribution in [-0.4, -0.2) is 0 Å². The summed E-state index contributed by atoms with van der Waals surface area (Å²) in [6, 6.07) is 14.1. The van der Waals surface area contributed by atoms with Gasteiger partial charge in [-0.05, 0) is 118 Å². The summed E-state index contributed by atoms with van der Waals surface area (Å²) in [6.45, 7) is 23.4. The molecule has 3 atom stereocenters. The van der Waals surface area contributed by atoms with Crippen LogP contribution in [0.1, 0.15) is 156 Å². The van der Waals surface area contributed by atoms with E-state index in [9.17, 15) is 0 Å². The van der Waals surface area contributed by atoms with E-state index in [-0.39, 0.29) is 5.37 Å². The summed E-state index contributed by atoms with van der Waals surface area (Å²) in [4.78, 5) is 12.3. The Kier molecular flexibility index (Phi) is 17.6. The van der Waals surface area contributed by atoms with Crippen LogP contribution in [-0.2, 0) is 12.8 Å². The Hall–Kier alpha value is -1.35. The van der Waals surface area contributed by atoms with Crippen LogP contribution in [0.25, 0.3) is 20.3 Å². The number of thiophene rings is 3. The monoisotopic (exact) mass is 849 g/mol. The lowest BCUT2D eigenvalue weighted by Crippen LogP contribution is -2.02. The maximum absolute atomic E-state index is 5.15. The molecule has 0 saturated carbocycles. The molecule has 0 amide bonds. The second-order valence-electron chi connectivity index (χ2n) is 16.8. The fraction of sp³-hybridized carbons (Fsp3) is 0.542. The minimum Gasteiger partial charge on any atom is -0.367 e. The van der Waals surface area contributed by atoms with Gasteiger partial charge >= 0.3 is 0 Å². The summed E-state index contributed by atoms with van der Waals surface area (Å²) in [5.41, 5.74) is 6.69. The van der Waals surface area contributed by atoms with Gasteiger partial charge in [-0.3, -0.25) is 0 Å². The van der Waals surface area contributed by atoms with Crippen LogP contribution in [0.2, 0.25) is 0 Å². The van der Waals surface area contributed by atoms with Crippen LogP contribution in [0.4, 0.5) is 5.69 Å². The Balaban J connectivity index is 1.44. The maximum Gasteiger partial charge on any atom is 0.112 e. The number of benzene rings is 1. The minimum atomic E-state index is 0.187. The van der Waals surface area contributed by atoms with Gasteiger partial charge in [-0.15, -0.1) is 46.6 Å². The van der Waals surface area contributed by atoms with Crippen LogP contribution in [0, 0.1) is 30.6 Å². The normalized spacial score (nSPS) is 16.2. The van der Waals surface area contributed by atoms with Gasteiger partial charge in [0.25, 0.3) is 0 Å². The molecule has 5 rings (SSSR count). The quantitative estimate of drug-likeness (QED) is 0.0640.